The summed E-state index contributed by atoms with van der Waals surface area (Å²) in [5.74, 6) is -1.17. The third-order valence-corrected chi connectivity index (χ3v) is 2.28. The van der Waals surface area contributed by atoms with E-state index in [1.165, 1.54) is 24.4 Å². The molecule has 0 saturated heterocycles. The molecule has 4 N–H and O–H groups in total. The van der Waals surface area contributed by atoms with Crippen LogP contribution in [0.5, 0.6) is 0 Å². The zero-order valence-electron chi connectivity index (χ0n) is 9.24. The van der Waals surface area contributed by atoms with Crippen molar-refractivity contribution in [1.82, 2.24) is 4.98 Å². The third-order valence-electron chi connectivity index (χ3n) is 2.28. The average Bonchev–Trinajstić information content (AvgIpc) is 2.34. The van der Waals surface area contributed by atoms with Crippen LogP contribution < -0.4 is 16.6 Å². The minimum Gasteiger partial charge on any atom is -0.399 e. The van der Waals surface area contributed by atoms with E-state index < -0.39 is 17.3 Å². The van der Waals surface area contributed by atoms with E-state index in [1.54, 1.807) is 0 Å². The van der Waals surface area contributed by atoms with Gasteiger partial charge in [-0.25, -0.2) is 4.39 Å². The van der Waals surface area contributed by atoms with E-state index in [2.05, 4.69) is 10.3 Å². The van der Waals surface area contributed by atoms with Gasteiger partial charge in [-0.1, -0.05) is 0 Å². The van der Waals surface area contributed by atoms with E-state index in [1.807, 2.05) is 0 Å². The standard InChI is InChI=1S/C12H10FN3O2/c13-9-2-1-8(14)6-10(9)16-12(18)7-3-4-15-11(17)5-7/h1-6H,14H2,(H,15,17)(H,16,18). The Labute approximate surface area is 101 Å². The molecule has 0 radical (unpaired) electrons. The number of carbonyl (C=O) groups is 1. The first kappa shape index (κ1) is 11.8. The van der Waals surface area contributed by atoms with Crippen molar-refractivity contribution >= 4 is 17.3 Å². The lowest BCUT2D eigenvalue weighted by molar-refractivity contribution is 0.102. The van der Waals surface area contributed by atoms with Crippen molar-refractivity contribution in [3.8, 4) is 0 Å². The van der Waals surface area contributed by atoms with Crippen molar-refractivity contribution in [2.24, 2.45) is 0 Å². The first-order valence-electron chi connectivity index (χ1n) is 5.11. The van der Waals surface area contributed by atoms with Gasteiger partial charge in [-0.05, 0) is 24.3 Å². The number of hydrogen-bond donors (Lipinski definition) is 3. The molecule has 1 aromatic heterocycles. The number of nitrogens with one attached hydrogen (secondary N) is 2. The van der Waals surface area contributed by atoms with Gasteiger partial charge >= 0.3 is 0 Å². The summed E-state index contributed by atoms with van der Waals surface area (Å²) in [6.45, 7) is 0. The molecule has 0 aliphatic carbocycles. The molecule has 0 aliphatic rings. The van der Waals surface area contributed by atoms with Crippen LogP contribution in [0.1, 0.15) is 10.4 Å². The topological polar surface area (TPSA) is 88.0 Å². The summed E-state index contributed by atoms with van der Waals surface area (Å²) >= 11 is 0. The van der Waals surface area contributed by atoms with Gasteiger partial charge in [-0.2, -0.15) is 0 Å². The Kier molecular flexibility index (Phi) is 3.09. The molecule has 0 spiro atoms. The van der Waals surface area contributed by atoms with Crippen LogP contribution in [0.3, 0.4) is 0 Å². The Morgan fingerprint density at radius 3 is 2.78 bits per heavy atom. The first-order valence-corrected chi connectivity index (χ1v) is 5.11. The summed E-state index contributed by atoms with van der Waals surface area (Å²) < 4.78 is 13.4. The minimum atomic E-state index is -0.595. The SMILES string of the molecule is Nc1ccc(F)c(NC(=O)c2cc[nH]c(=O)c2)c1. The Hall–Kier alpha value is -2.63. The number of pyridine rings is 1. The predicted molar refractivity (Wildman–Crippen MR) is 65.8 cm³/mol. The van der Waals surface area contributed by atoms with E-state index in [4.69, 9.17) is 5.73 Å². The van der Waals surface area contributed by atoms with Crippen molar-refractivity contribution < 1.29 is 9.18 Å². The maximum Gasteiger partial charge on any atom is 0.255 e. The number of hydrogen-bond acceptors (Lipinski definition) is 3. The maximum absolute atomic E-state index is 13.4. The molecule has 5 nitrogen and oxygen atoms in total. The highest BCUT2D eigenvalue weighted by atomic mass is 19.1. The van der Waals surface area contributed by atoms with Crippen molar-refractivity contribution in [3.05, 3.63) is 58.3 Å². The third kappa shape index (κ3) is 2.54. The van der Waals surface area contributed by atoms with Gasteiger partial charge in [0.2, 0.25) is 5.56 Å². The zero-order valence-corrected chi connectivity index (χ0v) is 9.24. The highest BCUT2D eigenvalue weighted by Crippen LogP contribution is 2.17. The molecule has 0 saturated carbocycles. The van der Waals surface area contributed by atoms with Gasteiger partial charge in [-0.15, -0.1) is 0 Å². The number of anilines is 2. The van der Waals surface area contributed by atoms with Crippen LogP contribution in [0.4, 0.5) is 15.8 Å². The van der Waals surface area contributed by atoms with E-state index >= 15 is 0 Å². The number of rotatable bonds is 2. The van der Waals surface area contributed by atoms with Crippen LogP contribution in [-0.4, -0.2) is 10.9 Å². The van der Waals surface area contributed by atoms with E-state index in [0.717, 1.165) is 12.1 Å². The first-order chi connectivity index (χ1) is 8.56. The number of nitrogen functional groups attached to an aromatic ring is 1. The molecular weight excluding hydrogens is 237 g/mol. The summed E-state index contributed by atoms with van der Waals surface area (Å²) in [5, 5.41) is 2.35. The quantitative estimate of drug-likeness (QED) is 0.700. The second kappa shape index (κ2) is 4.70. The van der Waals surface area contributed by atoms with E-state index in [0.29, 0.717) is 5.69 Å². The molecule has 0 unspecified atom stereocenters. The number of carbonyl (C=O) groups excluding carboxylic acids is 1. The normalized spacial score (nSPS) is 10.1. The van der Waals surface area contributed by atoms with Gasteiger partial charge in [-0.3, -0.25) is 9.59 Å². The average molecular weight is 247 g/mol. The summed E-state index contributed by atoms with van der Waals surface area (Å²) in [6.07, 6.45) is 1.34. The number of benzene rings is 1. The molecule has 1 amide bonds. The monoisotopic (exact) mass is 247 g/mol. The molecule has 18 heavy (non-hydrogen) atoms. The highest BCUT2D eigenvalue weighted by molar-refractivity contribution is 6.04. The molecule has 0 bridgehead atoms. The summed E-state index contributed by atoms with van der Waals surface area (Å²) in [7, 11) is 0. The maximum atomic E-state index is 13.4. The number of aromatic nitrogens is 1. The smallest absolute Gasteiger partial charge is 0.255 e. The second-order valence-corrected chi connectivity index (χ2v) is 3.64. The van der Waals surface area contributed by atoms with E-state index in [9.17, 15) is 14.0 Å². The molecule has 2 aromatic rings. The molecule has 1 aromatic carbocycles. The van der Waals surface area contributed by atoms with Crippen LogP contribution in [0, 0.1) is 5.82 Å². The number of halogens is 1. The summed E-state index contributed by atoms with van der Waals surface area (Å²) in [6, 6.07) is 6.39. The Morgan fingerprint density at radius 1 is 1.28 bits per heavy atom. The summed E-state index contributed by atoms with van der Waals surface area (Å²) in [4.78, 5) is 25.2. The van der Waals surface area contributed by atoms with E-state index in [-0.39, 0.29) is 11.3 Å². The molecule has 0 fully saturated rings. The van der Waals surface area contributed by atoms with Crippen molar-refractivity contribution in [3.63, 3.8) is 0 Å². The molecule has 0 atom stereocenters. The molecular formula is C12H10FN3O2. The van der Waals surface area contributed by atoms with Crippen LogP contribution in [-0.2, 0) is 0 Å². The Bertz CT molecular complexity index is 652. The lowest BCUT2D eigenvalue weighted by Gasteiger charge is -2.06. The molecule has 92 valence electrons. The second-order valence-electron chi connectivity index (χ2n) is 3.64. The largest absolute Gasteiger partial charge is 0.399 e. The fourth-order valence-corrected chi connectivity index (χ4v) is 1.42. The van der Waals surface area contributed by atoms with Crippen molar-refractivity contribution in [2.75, 3.05) is 11.1 Å². The summed E-state index contributed by atoms with van der Waals surface area (Å²) in [5.41, 5.74) is 5.53. The Balaban J connectivity index is 2.26. The van der Waals surface area contributed by atoms with Crippen LogP contribution >= 0.6 is 0 Å². The lowest BCUT2D eigenvalue weighted by atomic mass is 10.2. The van der Waals surface area contributed by atoms with Gasteiger partial charge in [0.25, 0.3) is 5.91 Å². The van der Waals surface area contributed by atoms with Gasteiger partial charge in [0.15, 0.2) is 0 Å². The molecule has 1 heterocycles. The fraction of sp³-hybridized carbons (Fsp3) is 0. The number of H-pyrrole nitrogens is 1. The Morgan fingerprint density at radius 2 is 2.06 bits per heavy atom. The van der Waals surface area contributed by atoms with Crippen molar-refractivity contribution in [2.45, 2.75) is 0 Å². The van der Waals surface area contributed by atoms with Gasteiger partial charge in [0.05, 0.1) is 5.69 Å². The number of amides is 1. The zero-order chi connectivity index (χ0) is 13.1. The molecule has 2 rings (SSSR count). The molecule has 6 heteroatoms. The predicted octanol–water partition coefficient (Wildman–Crippen LogP) is 1.35. The van der Waals surface area contributed by atoms with Gasteiger partial charge in [0.1, 0.15) is 5.82 Å². The number of nitrogens with two attached hydrogens (primary N) is 1. The molecule has 0 aliphatic heterocycles. The van der Waals surface area contributed by atoms with Crippen LogP contribution in [0.2, 0.25) is 0 Å². The van der Waals surface area contributed by atoms with Gasteiger partial charge in [0, 0.05) is 23.5 Å². The highest BCUT2D eigenvalue weighted by Gasteiger charge is 2.09. The number of aromatic amines is 1. The lowest BCUT2D eigenvalue weighted by Crippen LogP contribution is -2.16. The van der Waals surface area contributed by atoms with Crippen LogP contribution in [0.25, 0.3) is 0 Å². The fourth-order valence-electron chi connectivity index (χ4n) is 1.42. The van der Waals surface area contributed by atoms with Gasteiger partial charge < -0.3 is 16.0 Å². The minimum absolute atomic E-state index is 0.0275. The van der Waals surface area contributed by atoms with Crippen LogP contribution in [0.15, 0.2) is 41.3 Å². The van der Waals surface area contributed by atoms with Crippen molar-refractivity contribution in [1.29, 1.82) is 0 Å².